The van der Waals surface area contributed by atoms with Crippen LogP contribution in [0.4, 0.5) is 11.6 Å². The molecule has 6 heteroatoms. The summed E-state index contributed by atoms with van der Waals surface area (Å²) >= 11 is 0. The highest BCUT2D eigenvalue weighted by atomic mass is 16.5. The molecule has 0 bridgehead atoms. The summed E-state index contributed by atoms with van der Waals surface area (Å²) < 4.78 is 5.63. The van der Waals surface area contributed by atoms with Crippen molar-refractivity contribution >= 4 is 11.6 Å². The predicted molar refractivity (Wildman–Crippen MR) is 91.2 cm³/mol. The van der Waals surface area contributed by atoms with E-state index in [9.17, 15) is 0 Å². The largest absolute Gasteiger partial charge is 0.474 e. The number of hydrogen-bond acceptors (Lipinski definition) is 6. The number of rotatable bonds is 4. The Hall–Kier alpha value is -2.37. The molecule has 0 radical (unpaired) electrons. The Morgan fingerprint density at radius 1 is 1.04 bits per heavy atom. The maximum Gasteiger partial charge on any atom is 0.234 e. The number of piperazine rings is 1. The van der Waals surface area contributed by atoms with E-state index in [2.05, 4.69) is 37.7 Å². The molecule has 0 aromatic carbocycles. The Bertz CT molecular complexity index is 653. The van der Waals surface area contributed by atoms with Gasteiger partial charge in [0.05, 0.1) is 18.5 Å². The number of pyridine rings is 1. The van der Waals surface area contributed by atoms with Gasteiger partial charge >= 0.3 is 0 Å². The minimum atomic E-state index is 0.101. The topological polar surface area (TPSA) is 54.4 Å². The highest BCUT2D eigenvalue weighted by molar-refractivity contribution is 5.45. The van der Waals surface area contributed by atoms with Crippen molar-refractivity contribution in [2.24, 2.45) is 0 Å². The van der Waals surface area contributed by atoms with Gasteiger partial charge in [0.1, 0.15) is 5.82 Å². The number of aromatic nitrogens is 3. The molecule has 0 aliphatic carbocycles. The third-order valence-corrected chi connectivity index (χ3v) is 3.78. The van der Waals surface area contributed by atoms with Crippen LogP contribution in [-0.2, 0) is 0 Å². The molecule has 0 atom stereocenters. The highest BCUT2D eigenvalue weighted by Gasteiger charge is 2.19. The summed E-state index contributed by atoms with van der Waals surface area (Å²) in [6.45, 7) is 9.72. The molecule has 23 heavy (non-hydrogen) atoms. The van der Waals surface area contributed by atoms with E-state index in [-0.39, 0.29) is 6.10 Å². The molecule has 2 aromatic heterocycles. The molecule has 0 spiro atoms. The number of hydrogen-bond donors (Lipinski definition) is 0. The quantitative estimate of drug-likeness (QED) is 0.863. The van der Waals surface area contributed by atoms with Gasteiger partial charge in [-0.15, -0.1) is 0 Å². The minimum absolute atomic E-state index is 0.101. The fourth-order valence-corrected chi connectivity index (χ4v) is 2.65. The lowest BCUT2D eigenvalue weighted by Gasteiger charge is -2.36. The molecule has 0 N–H and O–H groups in total. The number of anilines is 2. The Morgan fingerprint density at radius 3 is 2.39 bits per heavy atom. The molecule has 3 heterocycles. The van der Waals surface area contributed by atoms with Crippen molar-refractivity contribution < 1.29 is 4.74 Å². The van der Waals surface area contributed by atoms with Crippen LogP contribution in [-0.4, -0.2) is 47.2 Å². The Labute approximate surface area is 137 Å². The number of aryl methyl sites for hydroxylation is 1. The van der Waals surface area contributed by atoms with Gasteiger partial charge in [-0.25, -0.2) is 4.98 Å². The lowest BCUT2D eigenvalue weighted by molar-refractivity contribution is 0.231. The molecule has 1 saturated heterocycles. The van der Waals surface area contributed by atoms with Crippen LogP contribution in [0.1, 0.15) is 19.4 Å². The van der Waals surface area contributed by atoms with Gasteiger partial charge in [0, 0.05) is 32.4 Å². The third-order valence-electron chi connectivity index (χ3n) is 3.78. The summed E-state index contributed by atoms with van der Waals surface area (Å²) in [4.78, 5) is 17.8. The highest BCUT2D eigenvalue weighted by Crippen LogP contribution is 2.19. The first-order valence-electron chi connectivity index (χ1n) is 8.03. The first-order chi connectivity index (χ1) is 11.1. The van der Waals surface area contributed by atoms with Crippen LogP contribution in [0.15, 0.2) is 30.7 Å². The van der Waals surface area contributed by atoms with E-state index in [4.69, 9.17) is 4.74 Å². The van der Waals surface area contributed by atoms with E-state index in [1.165, 1.54) is 5.56 Å². The van der Waals surface area contributed by atoms with Crippen molar-refractivity contribution in [3.05, 3.63) is 36.3 Å². The van der Waals surface area contributed by atoms with E-state index in [1.54, 1.807) is 12.4 Å². The smallest absolute Gasteiger partial charge is 0.234 e. The second-order valence-electron chi connectivity index (χ2n) is 6.05. The summed E-state index contributed by atoms with van der Waals surface area (Å²) in [5.74, 6) is 2.51. The summed E-state index contributed by atoms with van der Waals surface area (Å²) in [7, 11) is 0. The fourth-order valence-electron chi connectivity index (χ4n) is 2.65. The standard InChI is InChI=1S/C17H23N5O/c1-13(2)23-17-12-18-11-16(20-17)22-8-6-21(7-9-22)15-10-14(3)4-5-19-15/h4-5,10-13H,6-9H2,1-3H3. The molecular weight excluding hydrogens is 290 g/mol. The number of nitrogens with zero attached hydrogens (tertiary/aromatic N) is 5. The van der Waals surface area contributed by atoms with Gasteiger partial charge in [-0.1, -0.05) is 0 Å². The van der Waals surface area contributed by atoms with Crippen LogP contribution in [0.25, 0.3) is 0 Å². The maximum atomic E-state index is 5.63. The van der Waals surface area contributed by atoms with Gasteiger partial charge in [-0.2, -0.15) is 4.98 Å². The normalized spacial score (nSPS) is 15.1. The average molecular weight is 313 g/mol. The molecule has 2 aromatic rings. The Balaban J connectivity index is 1.65. The summed E-state index contributed by atoms with van der Waals surface area (Å²) in [6.07, 6.45) is 5.43. The molecule has 1 fully saturated rings. The van der Waals surface area contributed by atoms with E-state index >= 15 is 0 Å². The average Bonchev–Trinajstić information content (AvgIpc) is 2.55. The Kier molecular flexibility index (Phi) is 4.60. The summed E-state index contributed by atoms with van der Waals surface area (Å²) in [5, 5.41) is 0. The first-order valence-corrected chi connectivity index (χ1v) is 8.03. The van der Waals surface area contributed by atoms with Crippen molar-refractivity contribution in [2.45, 2.75) is 26.9 Å². The monoisotopic (exact) mass is 313 g/mol. The van der Waals surface area contributed by atoms with Crippen LogP contribution < -0.4 is 14.5 Å². The summed E-state index contributed by atoms with van der Waals surface area (Å²) in [6, 6.07) is 4.15. The van der Waals surface area contributed by atoms with Gasteiger partial charge in [-0.05, 0) is 38.5 Å². The van der Waals surface area contributed by atoms with Crippen LogP contribution in [0.3, 0.4) is 0 Å². The first kappa shape index (κ1) is 15.5. The van der Waals surface area contributed by atoms with Crippen LogP contribution in [0.2, 0.25) is 0 Å². The number of ether oxygens (including phenoxy) is 1. The van der Waals surface area contributed by atoms with Crippen molar-refractivity contribution in [2.75, 3.05) is 36.0 Å². The Morgan fingerprint density at radius 2 is 1.74 bits per heavy atom. The van der Waals surface area contributed by atoms with Gasteiger partial charge in [-0.3, -0.25) is 4.98 Å². The van der Waals surface area contributed by atoms with Crippen LogP contribution in [0, 0.1) is 6.92 Å². The lowest BCUT2D eigenvalue weighted by atomic mass is 10.2. The molecule has 3 rings (SSSR count). The van der Waals surface area contributed by atoms with Gasteiger partial charge in [0.15, 0.2) is 5.82 Å². The zero-order valence-corrected chi connectivity index (χ0v) is 13.9. The van der Waals surface area contributed by atoms with Crippen LogP contribution >= 0.6 is 0 Å². The van der Waals surface area contributed by atoms with Gasteiger partial charge in [0.25, 0.3) is 0 Å². The van der Waals surface area contributed by atoms with Crippen molar-refractivity contribution in [1.29, 1.82) is 0 Å². The molecule has 1 aliphatic rings. The zero-order chi connectivity index (χ0) is 16.2. The SMILES string of the molecule is Cc1ccnc(N2CCN(c3cncc(OC(C)C)n3)CC2)c1. The molecule has 122 valence electrons. The van der Waals surface area contributed by atoms with E-state index in [1.807, 2.05) is 26.1 Å². The van der Waals surface area contributed by atoms with E-state index in [0.717, 1.165) is 37.8 Å². The molecule has 0 saturated carbocycles. The van der Waals surface area contributed by atoms with Crippen molar-refractivity contribution in [3.8, 4) is 5.88 Å². The fraction of sp³-hybridized carbons (Fsp3) is 0.471. The second-order valence-corrected chi connectivity index (χ2v) is 6.05. The van der Waals surface area contributed by atoms with Gasteiger partial charge in [0.2, 0.25) is 5.88 Å². The lowest BCUT2D eigenvalue weighted by Crippen LogP contribution is -2.47. The zero-order valence-electron chi connectivity index (χ0n) is 13.9. The predicted octanol–water partition coefficient (Wildman–Crippen LogP) is 2.29. The molecule has 1 aliphatic heterocycles. The van der Waals surface area contributed by atoms with Crippen LogP contribution in [0.5, 0.6) is 5.88 Å². The maximum absolute atomic E-state index is 5.63. The van der Waals surface area contributed by atoms with Crippen molar-refractivity contribution in [3.63, 3.8) is 0 Å². The molecular formula is C17H23N5O. The van der Waals surface area contributed by atoms with E-state index < -0.39 is 0 Å². The molecule has 0 amide bonds. The van der Waals surface area contributed by atoms with Gasteiger partial charge < -0.3 is 14.5 Å². The minimum Gasteiger partial charge on any atom is -0.474 e. The third kappa shape index (κ3) is 3.88. The summed E-state index contributed by atoms with van der Waals surface area (Å²) in [5.41, 5.74) is 1.24. The van der Waals surface area contributed by atoms with E-state index in [0.29, 0.717) is 5.88 Å². The van der Waals surface area contributed by atoms with Crippen molar-refractivity contribution in [1.82, 2.24) is 15.0 Å². The molecule has 0 unspecified atom stereocenters. The molecule has 6 nitrogen and oxygen atoms in total. The second kappa shape index (κ2) is 6.81.